The van der Waals surface area contributed by atoms with Crippen LogP contribution < -0.4 is 5.32 Å². The minimum Gasteiger partial charge on any atom is -0.313 e. The van der Waals surface area contributed by atoms with Gasteiger partial charge in [0.25, 0.3) is 0 Å². The van der Waals surface area contributed by atoms with E-state index in [-0.39, 0.29) is 0 Å². The van der Waals surface area contributed by atoms with Crippen LogP contribution in [-0.2, 0) is 0 Å². The molecule has 1 aliphatic rings. The van der Waals surface area contributed by atoms with E-state index in [0.29, 0.717) is 6.04 Å². The van der Waals surface area contributed by atoms with Crippen molar-refractivity contribution < 1.29 is 0 Å². The average molecular weight is 209 g/mol. The Hall–Kier alpha value is -0.300. The number of unbranched alkanes of at least 4 members (excludes halogenated alkanes) is 4. The van der Waals surface area contributed by atoms with Gasteiger partial charge in [0.1, 0.15) is 0 Å². The first-order valence-corrected chi connectivity index (χ1v) is 6.74. The second-order valence-corrected chi connectivity index (χ2v) is 4.72. The predicted octanol–water partition coefficient (Wildman–Crippen LogP) is 4.05. The van der Waals surface area contributed by atoms with Gasteiger partial charge in [-0.2, -0.15) is 0 Å². The molecule has 0 spiro atoms. The summed E-state index contributed by atoms with van der Waals surface area (Å²) in [5.74, 6) is 0. The van der Waals surface area contributed by atoms with E-state index >= 15 is 0 Å². The topological polar surface area (TPSA) is 12.0 Å². The molecule has 1 aliphatic carbocycles. The Morgan fingerprint density at radius 1 is 1.27 bits per heavy atom. The molecular formula is C14H27N. The minimum atomic E-state index is 0.675. The fourth-order valence-electron chi connectivity index (χ4n) is 2.48. The van der Waals surface area contributed by atoms with Crippen LogP contribution in [0.15, 0.2) is 11.6 Å². The molecule has 1 atom stereocenters. The standard InChI is InChI=1S/C14H27N/c1-3-4-5-6-7-12-14(15-2)13-10-8-9-11-13/h10,14-15H,3-9,11-12H2,1-2H3. The molecule has 0 radical (unpaired) electrons. The van der Waals surface area contributed by atoms with E-state index in [0.717, 1.165) is 0 Å². The molecule has 0 saturated heterocycles. The zero-order valence-electron chi connectivity index (χ0n) is 10.5. The molecule has 15 heavy (non-hydrogen) atoms. The molecule has 0 aromatic rings. The second-order valence-electron chi connectivity index (χ2n) is 4.72. The first kappa shape index (κ1) is 12.8. The van der Waals surface area contributed by atoms with Crippen molar-refractivity contribution >= 4 is 0 Å². The van der Waals surface area contributed by atoms with Crippen LogP contribution in [0.2, 0.25) is 0 Å². The maximum atomic E-state index is 3.47. The van der Waals surface area contributed by atoms with Crippen molar-refractivity contribution in [2.24, 2.45) is 0 Å². The zero-order chi connectivity index (χ0) is 10.9. The summed E-state index contributed by atoms with van der Waals surface area (Å²) in [6.07, 6.45) is 14.8. The zero-order valence-corrected chi connectivity index (χ0v) is 10.5. The molecular weight excluding hydrogens is 182 g/mol. The van der Waals surface area contributed by atoms with Crippen LogP contribution in [0, 0.1) is 0 Å². The predicted molar refractivity (Wildman–Crippen MR) is 68.2 cm³/mol. The van der Waals surface area contributed by atoms with Gasteiger partial charge in [0.2, 0.25) is 0 Å². The summed E-state index contributed by atoms with van der Waals surface area (Å²) in [6, 6.07) is 0.675. The van der Waals surface area contributed by atoms with Gasteiger partial charge in [0.15, 0.2) is 0 Å². The van der Waals surface area contributed by atoms with E-state index in [1.807, 2.05) is 0 Å². The van der Waals surface area contributed by atoms with Gasteiger partial charge in [0, 0.05) is 6.04 Å². The van der Waals surface area contributed by atoms with E-state index in [1.54, 1.807) is 5.57 Å². The fraction of sp³-hybridized carbons (Fsp3) is 0.857. The molecule has 1 N–H and O–H groups in total. The molecule has 0 bridgehead atoms. The summed E-state index contributed by atoms with van der Waals surface area (Å²) in [4.78, 5) is 0. The van der Waals surface area contributed by atoms with Gasteiger partial charge >= 0.3 is 0 Å². The summed E-state index contributed by atoms with van der Waals surface area (Å²) in [6.45, 7) is 2.28. The summed E-state index contributed by atoms with van der Waals surface area (Å²) < 4.78 is 0. The number of allylic oxidation sites excluding steroid dienone is 1. The molecule has 0 fully saturated rings. The first-order chi connectivity index (χ1) is 7.38. The Bertz CT molecular complexity index is 184. The molecule has 0 amide bonds. The van der Waals surface area contributed by atoms with Gasteiger partial charge < -0.3 is 5.32 Å². The molecule has 1 heteroatoms. The van der Waals surface area contributed by atoms with E-state index in [4.69, 9.17) is 0 Å². The van der Waals surface area contributed by atoms with Crippen molar-refractivity contribution in [3.8, 4) is 0 Å². The molecule has 1 unspecified atom stereocenters. The van der Waals surface area contributed by atoms with E-state index < -0.39 is 0 Å². The van der Waals surface area contributed by atoms with Crippen molar-refractivity contribution in [1.29, 1.82) is 0 Å². The Morgan fingerprint density at radius 3 is 2.67 bits per heavy atom. The van der Waals surface area contributed by atoms with Gasteiger partial charge in [0.05, 0.1) is 0 Å². The summed E-state index contributed by atoms with van der Waals surface area (Å²) >= 11 is 0. The molecule has 0 saturated carbocycles. The van der Waals surface area contributed by atoms with Crippen molar-refractivity contribution in [1.82, 2.24) is 5.32 Å². The molecule has 0 aliphatic heterocycles. The van der Waals surface area contributed by atoms with Crippen LogP contribution in [0.4, 0.5) is 0 Å². The summed E-state index contributed by atoms with van der Waals surface area (Å²) in [5.41, 5.74) is 1.67. The Kier molecular flexibility index (Phi) is 6.74. The third-order valence-corrected chi connectivity index (χ3v) is 3.47. The highest BCUT2D eigenvalue weighted by molar-refractivity contribution is 5.14. The lowest BCUT2D eigenvalue weighted by atomic mass is 9.99. The lowest BCUT2D eigenvalue weighted by molar-refractivity contribution is 0.521. The normalized spacial score (nSPS) is 17.9. The number of likely N-dealkylation sites (N-methyl/N-ethyl adjacent to an activating group) is 1. The van der Waals surface area contributed by atoms with Crippen LogP contribution in [0.5, 0.6) is 0 Å². The van der Waals surface area contributed by atoms with Crippen LogP contribution in [-0.4, -0.2) is 13.1 Å². The third kappa shape index (κ3) is 4.83. The number of rotatable bonds is 8. The van der Waals surface area contributed by atoms with Crippen molar-refractivity contribution in [3.63, 3.8) is 0 Å². The second kappa shape index (κ2) is 7.92. The van der Waals surface area contributed by atoms with Crippen LogP contribution in [0.1, 0.15) is 64.7 Å². The molecule has 0 aromatic carbocycles. The number of nitrogens with one attached hydrogen (secondary N) is 1. The van der Waals surface area contributed by atoms with Gasteiger partial charge in [-0.15, -0.1) is 0 Å². The van der Waals surface area contributed by atoms with Gasteiger partial charge in [-0.1, -0.05) is 50.7 Å². The van der Waals surface area contributed by atoms with Gasteiger partial charge in [-0.3, -0.25) is 0 Å². The van der Waals surface area contributed by atoms with E-state index in [9.17, 15) is 0 Å². The molecule has 0 aromatic heterocycles. The van der Waals surface area contributed by atoms with Crippen LogP contribution in [0.25, 0.3) is 0 Å². The average Bonchev–Trinajstić information content (AvgIpc) is 2.77. The summed E-state index contributed by atoms with van der Waals surface area (Å²) in [5, 5.41) is 3.47. The SMILES string of the molecule is CCCCCCCC(NC)C1=CCCC1. The number of hydrogen-bond donors (Lipinski definition) is 1. The maximum Gasteiger partial charge on any atom is 0.0276 e. The Morgan fingerprint density at radius 2 is 2.07 bits per heavy atom. The monoisotopic (exact) mass is 209 g/mol. The Balaban J connectivity index is 2.11. The smallest absolute Gasteiger partial charge is 0.0276 e. The van der Waals surface area contributed by atoms with Gasteiger partial charge in [-0.25, -0.2) is 0 Å². The third-order valence-electron chi connectivity index (χ3n) is 3.47. The van der Waals surface area contributed by atoms with Gasteiger partial charge in [-0.05, 0) is 32.7 Å². The molecule has 0 heterocycles. The maximum absolute atomic E-state index is 3.47. The van der Waals surface area contributed by atoms with E-state index in [1.165, 1.54) is 57.8 Å². The summed E-state index contributed by atoms with van der Waals surface area (Å²) in [7, 11) is 2.11. The number of hydrogen-bond acceptors (Lipinski definition) is 1. The highest BCUT2D eigenvalue weighted by atomic mass is 14.9. The molecule has 88 valence electrons. The van der Waals surface area contributed by atoms with Crippen molar-refractivity contribution in [2.45, 2.75) is 70.8 Å². The quantitative estimate of drug-likeness (QED) is 0.470. The van der Waals surface area contributed by atoms with Crippen molar-refractivity contribution in [2.75, 3.05) is 7.05 Å². The fourth-order valence-corrected chi connectivity index (χ4v) is 2.48. The lowest BCUT2D eigenvalue weighted by Gasteiger charge is -2.17. The first-order valence-electron chi connectivity index (χ1n) is 6.74. The minimum absolute atomic E-state index is 0.675. The van der Waals surface area contributed by atoms with Crippen LogP contribution in [0.3, 0.4) is 0 Å². The van der Waals surface area contributed by atoms with Crippen LogP contribution >= 0.6 is 0 Å². The molecule has 1 nitrogen and oxygen atoms in total. The van der Waals surface area contributed by atoms with Crippen molar-refractivity contribution in [3.05, 3.63) is 11.6 Å². The lowest BCUT2D eigenvalue weighted by Crippen LogP contribution is -2.26. The highest BCUT2D eigenvalue weighted by Gasteiger charge is 2.14. The van der Waals surface area contributed by atoms with E-state index in [2.05, 4.69) is 25.4 Å². The largest absolute Gasteiger partial charge is 0.313 e. The highest BCUT2D eigenvalue weighted by Crippen LogP contribution is 2.23. The molecule has 1 rings (SSSR count). The Labute approximate surface area is 95.3 Å².